The van der Waals surface area contributed by atoms with E-state index in [0.29, 0.717) is 42.1 Å². The number of pyridine rings is 1. The van der Waals surface area contributed by atoms with Crippen LogP contribution in [-0.2, 0) is 19.5 Å². The van der Waals surface area contributed by atoms with Crippen molar-refractivity contribution < 1.29 is 13.9 Å². The largest absolute Gasteiger partial charge is 0.497 e. The highest BCUT2D eigenvalue weighted by Crippen LogP contribution is 2.37. The third-order valence-corrected chi connectivity index (χ3v) is 7.00. The van der Waals surface area contributed by atoms with E-state index in [0.717, 1.165) is 33.8 Å². The maximum atomic E-state index is 14.4. The topological polar surface area (TPSA) is 111 Å². The van der Waals surface area contributed by atoms with Crippen molar-refractivity contribution in [3.05, 3.63) is 94.7 Å². The second-order valence-electron chi connectivity index (χ2n) is 9.49. The summed E-state index contributed by atoms with van der Waals surface area (Å²) in [5, 5.41) is 16.2. The van der Waals surface area contributed by atoms with Crippen molar-refractivity contribution in [2.45, 2.75) is 39.5 Å². The lowest BCUT2D eigenvalue weighted by Crippen LogP contribution is -2.20. The predicted molar refractivity (Wildman–Crippen MR) is 155 cm³/mol. The molecule has 1 atom stereocenters. The first-order valence-electron chi connectivity index (χ1n) is 12.9. The number of aryl methyl sites for hydroxylation is 1. The zero-order chi connectivity index (χ0) is 28.4. The number of nitrogens with two attached hydrogens (primary N) is 1. The van der Waals surface area contributed by atoms with Gasteiger partial charge in [0.1, 0.15) is 22.8 Å². The molecular formula is C30H30ClFN6O2. The molecule has 206 valence electrons. The molecule has 0 aliphatic carbocycles. The van der Waals surface area contributed by atoms with Crippen LogP contribution in [0.15, 0.2) is 60.8 Å². The van der Waals surface area contributed by atoms with E-state index in [4.69, 9.17) is 37.3 Å². The average molecular weight is 561 g/mol. The van der Waals surface area contributed by atoms with E-state index >= 15 is 0 Å². The van der Waals surface area contributed by atoms with Crippen LogP contribution < -0.4 is 20.5 Å². The first-order valence-corrected chi connectivity index (χ1v) is 13.3. The highest BCUT2D eigenvalue weighted by molar-refractivity contribution is 6.68. The van der Waals surface area contributed by atoms with Gasteiger partial charge in [0.25, 0.3) is 0 Å². The van der Waals surface area contributed by atoms with E-state index in [1.807, 2.05) is 41.9 Å². The summed E-state index contributed by atoms with van der Waals surface area (Å²) in [6.07, 6.45) is 3.33. The number of methoxy groups -OCH3 is 1. The lowest BCUT2D eigenvalue weighted by Gasteiger charge is -2.23. The molecule has 10 heteroatoms. The Bertz CT molecular complexity index is 1600. The molecule has 2 aromatic heterocycles. The minimum atomic E-state index is -0.581. The van der Waals surface area contributed by atoms with Crippen LogP contribution in [0.5, 0.6) is 11.5 Å². The van der Waals surface area contributed by atoms with Crippen LogP contribution >= 0.6 is 11.6 Å². The fraction of sp³-hybridized carbons (Fsp3) is 0.233. The Balaban J connectivity index is 1.71. The van der Waals surface area contributed by atoms with Crippen molar-refractivity contribution in [2.75, 3.05) is 12.8 Å². The molecule has 2 bridgehead atoms. The number of rotatable bonds is 5. The van der Waals surface area contributed by atoms with Gasteiger partial charge < -0.3 is 20.5 Å². The van der Waals surface area contributed by atoms with Gasteiger partial charge in [-0.2, -0.15) is 5.10 Å². The summed E-state index contributed by atoms with van der Waals surface area (Å²) in [5.41, 5.74) is 12.6. The predicted octanol–water partition coefficient (Wildman–Crippen LogP) is 6.09. The third kappa shape index (κ3) is 5.51. The molecule has 0 spiro atoms. The SMILES string of the molecule is CCc1nn(Cc2ccc(OC)cc2)c2c1-c1cnc(N)c(c1)OC(C)c1cc(F)ccc1/C(=C/C(=N)Cl)NC2. The molecule has 40 heavy (non-hydrogen) atoms. The number of nitrogen functional groups attached to an aromatic ring is 1. The number of nitrogens with one attached hydrogen (secondary N) is 2. The van der Waals surface area contributed by atoms with E-state index < -0.39 is 11.9 Å². The molecule has 0 saturated carbocycles. The van der Waals surface area contributed by atoms with Crippen LogP contribution in [0.25, 0.3) is 16.8 Å². The summed E-state index contributed by atoms with van der Waals surface area (Å²) >= 11 is 6.04. The second-order valence-corrected chi connectivity index (χ2v) is 9.89. The van der Waals surface area contributed by atoms with Crippen molar-refractivity contribution in [3.63, 3.8) is 0 Å². The fourth-order valence-corrected chi connectivity index (χ4v) is 5.04. The lowest BCUT2D eigenvalue weighted by atomic mass is 9.98. The van der Waals surface area contributed by atoms with Crippen LogP contribution in [0.1, 0.15) is 48.0 Å². The number of halogens is 2. The van der Waals surface area contributed by atoms with Gasteiger partial charge in [-0.3, -0.25) is 10.1 Å². The molecule has 1 unspecified atom stereocenters. The Morgan fingerprint density at radius 2 is 2.05 bits per heavy atom. The number of hydrogen-bond donors (Lipinski definition) is 3. The molecule has 0 radical (unpaired) electrons. The van der Waals surface area contributed by atoms with E-state index in [1.165, 1.54) is 18.2 Å². The maximum Gasteiger partial charge on any atom is 0.166 e. The lowest BCUT2D eigenvalue weighted by molar-refractivity contribution is 0.227. The summed E-state index contributed by atoms with van der Waals surface area (Å²) in [6.45, 7) is 4.73. The van der Waals surface area contributed by atoms with Crippen LogP contribution in [0.3, 0.4) is 0 Å². The van der Waals surface area contributed by atoms with Crippen molar-refractivity contribution in [1.82, 2.24) is 20.1 Å². The summed E-state index contributed by atoms with van der Waals surface area (Å²) in [5.74, 6) is 0.986. The molecule has 2 aromatic carbocycles. The van der Waals surface area contributed by atoms with Crippen LogP contribution in [-0.4, -0.2) is 27.0 Å². The van der Waals surface area contributed by atoms with Crippen molar-refractivity contribution in [1.29, 1.82) is 5.41 Å². The highest BCUT2D eigenvalue weighted by atomic mass is 35.5. The quantitative estimate of drug-likeness (QED) is 0.255. The number of allylic oxidation sites excluding steroid dienone is 1. The van der Waals surface area contributed by atoms with Crippen molar-refractivity contribution in [2.24, 2.45) is 0 Å². The van der Waals surface area contributed by atoms with Gasteiger partial charge >= 0.3 is 0 Å². The van der Waals surface area contributed by atoms with Gasteiger partial charge in [-0.15, -0.1) is 0 Å². The van der Waals surface area contributed by atoms with Gasteiger partial charge in [-0.25, -0.2) is 9.37 Å². The Morgan fingerprint density at radius 1 is 1.27 bits per heavy atom. The number of ether oxygens (including phenoxy) is 2. The zero-order valence-electron chi connectivity index (χ0n) is 22.5. The third-order valence-electron chi connectivity index (χ3n) is 6.89. The van der Waals surface area contributed by atoms with Gasteiger partial charge in [-0.05, 0) is 61.4 Å². The Kier molecular flexibility index (Phi) is 7.75. The number of anilines is 1. The maximum absolute atomic E-state index is 14.4. The second kappa shape index (κ2) is 11.4. The summed E-state index contributed by atoms with van der Waals surface area (Å²) in [4.78, 5) is 4.43. The molecule has 1 aliphatic rings. The van der Waals surface area contributed by atoms with Crippen LogP contribution in [0.2, 0.25) is 0 Å². The van der Waals surface area contributed by atoms with Gasteiger partial charge in [-0.1, -0.05) is 30.7 Å². The Morgan fingerprint density at radius 3 is 2.75 bits per heavy atom. The monoisotopic (exact) mass is 560 g/mol. The average Bonchev–Trinajstić information content (AvgIpc) is 3.28. The number of aromatic nitrogens is 3. The number of nitrogens with zero attached hydrogens (tertiary/aromatic N) is 3. The zero-order valence-corrected chi connectivity index (χ0v) is 23.2. The van der Waals surface area contributed by atoms with E-state index in [9.17, 15) is 4.39 Å². The first kappa shape index (κ1) is 27.2. The summed E-state index contributed by atoms with van der Waals surface area (Å²) < 4.78 is 28.0. The van der Waals surface area contributed by atoms with Crippen LogP contribution in [0.4, 0.5) is 10.2 Å². The van der Waals surface area contributed by atoms with Crippen molar-refractivity contribution in [3.8, 4) is 22.6 Å². The molecule has 3 heterocycles. The van der Waals surface area contributed by atoms with Crippen molar-refractivity contribution >= 4 is 28.3 Å². The number of fused-ring (bicyclic) bond motifs is 5. The van der Waals surface area contributed by atoms with E-state index in [1.54, 1.807) is 19.4 Å². The summed E-state index contributed by atoms with van der Waals surface area (Å²) in [6, 6.07) is 14.2. The number of benzene rings is 2. The molecule has 1 aliphatic heterocycles. The summed E-state index contributed by atoms with van der Waals surface area (Å²) in [7, 11) is 1.64. The Labute approximate surface area is 237 Å². The molecule has 0 saturated heterocycles. The molecule has 4 N–H and O–H groups in total. The molecule has 5 rings (SSSR count). The van der Waals surface area contributed by atoms with E-state index in [-0.39, 0.29) is 11.0 Å². The van der Waals surface area contributed by atoms with Crippen LogP contribution in [0, 0.1) is 11.2 Å². The first-order chi connectivity index (χ1) is 19.3. The fourth-order valence-electron chi connectivity index (χ4n) is 4.93. The Hall–Kier alpha value is -4.37. The smallest absolute Gasteiger partial charge is 0.166 e. The van der Waals surface area contributed by atoms with E-state index in [2.05, 4.69) is 17.2 Å². The molecule has 4 aromatic rings. The number of hydrogen-bond acceptors (Lipinski definition) is 7. The van der Waals surface area contributed by atoms with Gasteiger partial charge in [0, 0.05) is 34.1 Å². The highest BCUT2D eigenvalue weighted by Gasteiger charge is 2.24. The van der Waals surface area contributed by atoms with Gasteiger partial charge in [0.15, 0.2) is 11.6 Å². The molecule has 0 amide bonds. The molecule has 8 nitrogen and oxygen atoms in total. The normalized spacial score (nSPS) is 15.6. The molecular weight excluding hydrogens is 531 g/mol. The standard InChI is InChI=1S/C30H30ClFN6O2/c1-4-24-29-19-11-27(30(34)36-14-19)40-17(2)23-12-20(32)7-10-22(23)25(13-28(31)33)35-15-26(29)38(37-24)16-18-5-8-21(39-3)9-6-18/h5-14,17,33,35H,4,15-16H2,1-3H3,(H2,34,36)/b25-13-,33-28?. The van der Waals surface area contributed by atoms with Gasteiger partial charge in [0.05, 0.1) is 31.6 Å². The minimum Gasteiger partial charge on any atom is -0.497 e. The molecule has 0 fully saturated rings. The van der Waals surface area contributed by atoms with Gasteiger partial charge in [0.2, 0.25) is 0 Å². The minimum absolute atomic E-state index is 0.168.